The third-order valence-electron chi connectivity index (χ3n) is 2.61. The first kappa shape index (κ1) is 16.3. The Kier molecular flexibility index (Phi) is 6.31. The van der Waals surface area contributed by atoms with Crippen molar-refractivity contribution in [2.75, 3.05) is 19.7 Å². The van der Waals surface area contributed by atoms with Crippen molar-refractivity contribution in [3.05, 3.63) is 28.8 Å². The quantitative estimate of drug-likeness (QED) is 0.839. The molecule has 0 bridgehead atoms. The van der Waals surface area contributed by atoms with Crippen LogP contribution < -0.4 is 4.74 Å². The Morgan fingerprint density at radius 2 is 2.10 bits per heavy atom. The van der Waals surface area contributed by atoms with Crippen LogP contribution in [0.3, 0.4) is 0 Å². The van der Waals surface area contributed by atoms with Gasteiger partial charge in [0.25, 0.3) is 5.91 Å². The maximum absolute atomic E-state index is 11.9. The second-order valence-corrected chi connectivity index (χ2v) is 4.84. The Morgan fingerprint density at radius 3 is 2.70 bits per heavy atom. The number of nitrogens with zero attached hydrogens (tertiary/aromatic N) is 1. The topological polar surface area (TPSA) is 66.8 Å². The van der Waals surface area contributed by atoms with Gasteiger partial charge in [-0.3, -0.25) is 9.59 Å². The summed E-state index contributed by atoms with van der Waals surface area (Å²) in [6.07, 6.45) is 0.685. The Balaban J connectivity index is 2.64. The zero-order valence-electron chi connectivity index (χ0n) is 11.6. The molecular weight excluding hydrogens is 282 g/mol. The van der Waals surface area contributed by atoms with E-state index in [1.165, 1.54) is 4.90 Å². The van der Waals surface area contributed by atoms with Crippen LogP contribution in [0, 0.1) is 6.92 Å². The maximum atomic E-state index is 11.9. The fourth-order valence-electron chi connectivity index (χ4n) is 1.68. The SMILES string of the molecule is CCCN(CC(=O)O)C(=O)COc1cc(C)ccc1Cl. The van der Waals surface area contributed by atoms with Gasteiger partial charge in [-0.25, -0.2) is 0 Å². The van der Waals surface area contributed by atoms with Crippen LogP contribution in [-0.4, -0.2) is 41.6 Å². The predicted octanol–water partition coefficient (Wildman–Crippen LogP) is 2.35. The number of ether oxygens (including phenoxy) is 1. The van der Waals surface area contributed by atoms with Gasteiger partial charge in [-0.05, 0) is 31.0 Å². The lowest BCUT2D eigenvalue weighted by atomic mass is 10.2. The second kappa shape index (κ2) is 7.75. The Hall–Kier alpha value is -1.75. The number of benzene rings is 1. The van der Waals surface area contributed by atoms with Gasteiger partial charge in [-0.15, -0.1) is 0 Å². The van der Waals surface area contributed by atoms with Crippen molar-refractivity contribution < 1.29 is 19.4 Å². The number of carboxylic acid groups (broad SMARTS) is 1. The van der Waals surface area contributed by atoms with E-state index in [0.29, 0.717) is 23.7 Å². The van der Waals surface area contributed by atoms with Gasteiger partial charge in [0.05, 0.1) is 5.02 Å². The summed E-state index contributed by atoms with van der Waals surface area (Å²) in [5.74, 6) is -0.987. The third kappa shape index (κ3) is 5.09. The van der Waals surface area contributed by atoms with Crippen LogP contribution in [-0.2, 0) is 9.59 Å². The van der Waals surface area contributed by atoms with Gasteiger partial charge in [0.1, 0.15) is 12.3 Å². The molecule has 0 aliphatic rings. The normalized spacial score (nSPS) is 10.2. The van der Waals surface area contributed by atoms with E-state index < -0.39 is 5.97 Å². The van der Waals surface area contributed by atoms with Gasteiger partial charge >= 0.3 is 5.97 Å². The van der Waals surface area contributed by atoms with Gasteiger partial charge in [0.2, 0.25) is 0 Å². The number of rotatable bonds is 7. The lowest BCUT2D eigenvalue weighted by molar-refractivity contribution is -0.145. The van der Waals surface area contributed by atoms with Crippen LogP contribution in [0.2, 0.25) is 5.02 Å². The van der Waals surface area contributed by atoms with Gasteiger partial charge in [-0.2, -0.15) is 0 Å². The van der Waals surface area contributed by atoms with Gasteiger partial charge in [-0.1, -0.05) is 24.6 Å². The number of aryl methyl sites for hydroxylation is 1. The highest BCUT2D eigenvalue weighted by Crippen LogP contribution is 2.25. The molecule has 1 amide bonds. The summed E-state index contributed by atoms with van der Waals surface area (Å²) in [6, 6.07) is 5.26. The lowest BCUT2D eigenvalue weighted by Gasteiger charge is -2.20. The number of halogens is 1. The zero-order chi connectivity index (χ0) is 15.1. The molecule has 1 rings (SSSR count). The fraction of sp³-hybridized carbons (Fsp3) is 0.429. The first-order valence-electron chi connectivity index (χ1n) is 6.32. The molecule has 0 atom stereocenters. The predicted molar refractivity (Wildman–Crippen MR) is 76.2 cm³/mol. The van der Waals surface area contributed by atoms with Crippen molar-refractivity contribution in [1.29, 1.82) is 0 Å². The fourth-order valence-corrected chi connectivity index (χ4v) is 1.85. The summed E-state index contributed by atoms with van der Waals surface area (Å²) >= 11 is 5.96. The largest absolute Gasteiger partial charge is 0.482 e. The van der Waals surface area contributed by atoms with Crippen molar-refractivity contribution in [3.63, 3.8) is 0 Å². The number of carbonyl (C=O) groups excluding carboxylic acids is 1. The van der Waals surface area contributed by atoms with E-state index in [2.05, 4.69) is 0 Å². The summed E-state index contributed by atoms with van der Waals surface area (Å²) in [7, 11) is 0. The van der Waals surface area contributed by atoms with Crippen LogP contribution >= 0.6 is 11.6 Å². The highest BCUT2D eigenvalue weighted by atomic mass is 35.5. The Labute approximate surface area is 123 Å². The van der Waals surface area contributed by atoms with Gasteiger partial charge in [0, 0.05) is 6.54 Å². The van der Waals surface area contributed by atoms with Crippen LogP contribution in [0.1, 0.15) is 18.9 Å². The molecule has 5 nitrogen and oxygen atoms in total. The summed E-state index contributed by atoms with van der Waals surface area (Å²) in [5, 5.41) is 9.19. The number of carbonyl (C=O) groups is 2. The Bertz CT molecular complexity index is 490. The van der Waals surface area contributed by atoms with Crippen molar-refractivity contribution in [3.8, 4) is 5.75 Å². The third-order valence-corrected chi connectivity index (χ3v) is 2.92. The number of aliphatic carboxylic acids is 1. The van der Waals surface area contributed by atoms with E-state index in [-0.39, 0.29) is 19.1 Å². The second-order valence-electron chi connectivity index (χ2n) is 4.43. The molecule has 0 aliphatic carbocycles. The monoisotopic (exact) mass is 299 g/mol. The molecule has 0 saturated carbocycles. The minimum Gasteiger partial charge on any atom is -0.482 e. The van der Waals surface area contributed by atoms with E-state index in [1.54, 1.807) is 12.1 Å². The summed E-state index contributed by atoms with van der Waals surface area (Å²) in [5.41, 5.74) is 0.966. The van der Waals surface area contributed by atoms with Gasteiger partial charge < -0.3 is 14.7 Å². The molecular formula is C14H18ClNO4. The van der Waals surface area contributed by atoms with E-state index in [4.69, 9.17) is 21.4 Å². The molecule has 0 fully saturated rings. The molecule has 1 N–H and O–H groups in total. The molecule has 0 aromatic heterocycles. The first-order chi connectivity index (χ1) is 9.43. The molecule has 20 heavy (non-hydrogen) atoms. The minimum absolute atomic E-state index is 0.226. The highest BCUT2D eigenvalue weighted by molar-refractivity contribution is 6.32. The van der Waals surface area contributed by atoms with Crippen molar-refractivity contribution >= 4 is 23.5 Å². The molecule has 1 aromatic rings. The maximum Gasteiger partial charge on any atom is 0.323 e. The molecule has 0 unspecified atom stereocenters. The van der Waals surface area contributed by atoms with Crippen molar-refractivity contribution in [2.45, 2.75) is 20.3 Å². The molecule has 0 radical (unpaired) electrons. The number of amides is 1. The van der Waals surface area contributed by atoms with Crippen LogP contribution in [0.5, 0.6) is 5.75 Å². The number of hydrogen-bond acceptors (Lipinski definition) is 3. The highest BCUT2D eigenvalue weighted by Gasteiger charge is 2.16. The lowest BCUT2D eigenvalue weighted by Crippen LogP contribution is -2.39. The summed E-state index contributed by atoms with van der Waals surface area (Å²) in [4.78, 5) is 23.9. The zero-order valence-corrected chi connectivity index (χ0v) is 12.3. The smallest absolute Gasteiger partial charge is 0.323 e. The molecule has 0 aliphatic heterocycles. The van der Waals surface area contributed by atoms with Crippen molar-refractivity contribution in [1.82, 2.24) is 4.90 Å². The van der Waals surface area contributed by atoms with Gasteiger partial charge in [0.15, 0.2) is 6.61 Å². The molecule has 0 spiro atoms. The first-order valence-corrected chi connectivity index (χ1v) is 6.70. The number of carboxylic acids is 1. The molecule has 110 valence electrons. The van der Waals surface area contributed by atoms with E-state index in [0.717, 1.165) is 5.56 Å². The number of hydrogen-bond donors (Lipinski definition) is 1. The van der Waals surface area contributed by atoms with Crippen molar-refractivity contribution in [2.24, 2.45) is 0 Å². The van der Waals surface area contributed by atoms with E-state index in [9.17, 15) is 9.59 Å². The molecule has 6 heteroatoms. The average Bonchev–Trinajstić information content (AvgIpc) is 2.38. The summed E-state index contributed by atoms with van der Waals surface area (Å²) < 4.78 is 5.37. The van der Waals surface area contributed by atoms with Crippen LogP contribution in [0.25, 0.3) is 0 Å². The minimum atomic E-state index is -1.04. The molecule has 0 heterocycles. The Morgan fingerprint density at radius 1 is 1.40 bits per heavy atom. The molecule has 0 saturated heterocycles. The van der Waals surface area contributed by atoms with Crippen LogP contribution in [0.4, 0.5) is 0 Å². The standard InChI is InChI=1S/C14H18ClNO4/c1-3-6-16(8-14(18)19)13(17)9-20-12-7-10(2)4-5-11(12)15/h4-5,7H,3,6,8-9H2,1-2H3,(H,18,19). The molecule has 1 aromatic carbocycles. The van der Waals surface area contributed by atoms with E-state index in [1.807, 2.05) is 19.9 Å². The average molecular weight is 300 g/mol. The van der Waals surface area contributed by atoms with Crippen LogP contribution in [0.15, 0.2) is 18.2 Å². The van der Waals surface area contributed by atoms with E-state index >= 15 is 0 Å². The summed E-state index contributed by atoms with van der Waals surface area (Å²) in [6.45, 7) is 3.60.